The number of carboxylic acids is 1. The number of nitrogens with zero attached hydrogens (tertiary/aromatic N) is 1. The van der Waals surface area contributed by atoms with Crippen molar-refractivity contribution >= 4 is 11.9 Å². The van der Waals surface area contributed by atoms with Crippen molar-refractivity contribution < 1.29 is 14.7 Å². The highest BCUT2D eigenvalue weighted by molar-refractivity contribution is 5.90. The highest BCUT2D eigenvalue weighted by atomic mass is 16.4. The van der Waals surface area contributed by atoms with Gasteiger partial charge in [-0.15, -0.1) is 0 Å². The molecular weight excluding hydrogens is 208 g/mol. The molecule has 0 bridgehead atoms. The van der Waals surface area contributed by atoms with Crippen molar-refractivity contribution in [2.45, 2.75) is 51.1 Å². The third-order valence-electron chi connectivity index (χ3n) is 3.21. The summed E-state index contributed by atoms with van der Waals surface area (Å²) < 4.78 is 0. The second-order valence-corrected chi connectivity index (χ2v) is 4.47. The summed E-state index contributed by atoms with van der Waals surface area (Å²) in [6, 6.07) is -0.631. The van der Waals surface area contributed by atoms with Crippen molar-refractivity contribution in [1.29, 1.82) is 0 Å². The molecule has 1 fully saturated rings. The zero-order chi connectivity index (χ0) is 12.3. The van der Waals surface area contributed by atoms with Crippen LogP contribution in [0.5, 0.6) is 0 Å². The van der Waals surface area contributed by atoms with E-state index >= 15 is 0 Å². The zero-order valence-corrected chi connectivity index (χ0v) is 9.90. The number of hydrogen-bond donors (Lipinski definition) is 2. The first-order valence-electron chi connectivity index (χ1n) is 5.76. The standard InChI is InChI=1S/C11H20N2O3/c1-3-5-11(10(15)16)6-4-7-13(11)9(14)8(2)12/h8H,3-7,12H2,1-2H3,(H,15,16)/t8-,11-/m0/s1. The molecule has 0 saturated carbocycles. The molecule has 0 unspecified atom stereocenters. The van der Waals surface area contributed by atoms with Crippen LogP contribution in [0.2, 0.25) is 0 Å². The van der Waals surface area contributed by atoms with E-state index < -0.39 is 17.6 Å². The summed E-state index contributed by atoms with van der Waals surface area (Å²) in [7, 11) is 0. The topological polar surface area (TPSA) is 83.6 Å². The summed E-state index contributed by atoms with van der Waals surface area (Å²) in [5.41, 5.74) is 4.53. The molecule has 1 heterocycles. The van der Waals surface area contributed by atoms with E-state index in [4.69, 9.17) is 5.73 Å². The second kappa shape index (κ2) is 4.82. The molecular formula is C11H20N2O3. The van der Waals surface area contributed by atoms with Crippen LogP contribution in [0.4, 0.5) is 0 Å². The van der Waals surface area contributed by atoms with Crippen molar-refractivity contribution in [1.82, 2.24) is 4.90 Å². The Kier molecular flexibility index (Phi) is 3.91. The van der Waals surface area contributed by atoms with Crippen molar-refractivity contribution in [2.24, 2.45) is 5.73 Å². The van der Waals surface area contributed by atoms with Gasteiger partial charge in [-0.3, -0.25) is 4.79 Å². The summed E-state index contributed by atoms with van der Waals surface area (Å²) >= 11 is 0. The lowest BCUT2D eigenvalue weighted by Gasteiger charge is -2.35. The van der Waals surface area contributed by atoms with Gasteiger partial charge < -0.3 is 15.7 Å². The molecule has 1 saturated heterocycles. The molecule has 92 valence electrons. The molecule has 1 aliphatic heterocycles. The fourth-order valence-electron chi connectivity index (χ4n) is 2.45. The van der Waals surface area contributed by atoms with Gasteiger partial charge in [-0.1, -0.05) is 13.3 Å². The van der Waals surface area contributed by atoms with E-state index in [1.165, 1.54) is 4.90 Å². The number of carbonyl (C=O) groups excluding carboxylic acids is 1. The van der Waals surface area contributed by atoms with Crippen LogP contribution in [0.3, 0.4) is 0 Å². The lowest BCUT2D eigenvalue weighted by Crippen LogP contribution is -2.56. The normalized spacial score (nSPS) is 26.8. The van der Waals surface area contributed by atoms with Gasteiger partial charge in [-0.2, -0.15) is 0 Å². The largest absolute Gasteiger partial charge is 0.479 e. The molecule has 1 amide bonds. The molecule has 16 heavy (non-hydrogen) atoms. The fraction of sp³-hybridized carbons (Fsp3) is 0.818. The zero-order valence-electron chi connectivity index (χ0n) is 9.90. The van der Waals surface area contributed by atoms with Crippen molar-refractivity contribution in [2.75, 3.05) is 6.54 Å². The number of amides is 1. The molecule has 5 nitrogen and oxygen atoms in total. The summed E-state index contributed by atoms with van der Waals surface area (Å²) in [6.45, 7) is 4.03. The summed E-state index contributed by atoms with van der Waals surface area (Å²) in [6.07, 6.45) is 2.52. The molecule has 3 N–H and O–H groups in total. The number of nitrogens with two attached hydrogens (primary N) is 1. The number of likely N-dealkylation sites (tertiary alicyclic amines) is 1. The van der Waals surface area contributed by atoms with Crippen LogP contribution in [0.25, 0.3) is 0 Å². The minimum Gasteiger partial charge on any atom is -0.479 e. The average Bonchev–Trinajstić information content (AvgIpc) is 2.62. The van der Waals surface area contributed by atoms with Gasteiger partial charge in [-0.05, 0) is 26.2 Å². The van der Waals surface area contributed by atoms with Crippen molar-refractivity contribution in [3.63, 3.8) is 0 Å². The monoisotopic (exact) mass is 228 g/mol. The first-order valence-corrected chi connectivity index (χ1v) is 5.76. The molecule has 1 aliphatic rings. The summed E-state index contributed by atoms with van der Waals surface area (Å²) in [5, 5.41) is 9.36. The molecule has 0 aromatic heterocycles. The van der Waals surface area contributed by atoms with Gasteiger partial charge in [0.15, 0.2) is 0 Å². The van der Waals surface area contributed by atoms with E-state index in [-0.39, 0.29) is 5.91 Å². The minimum absolute atomic E-state index is 0.256. The molecule has 0 aromatic rings. The Morgan fingerprint density at radius 3 is 2.62 bits per heavy atom. The van der Waals surface area contributed by atoms with Crippen molar-refractivity contribution in [3.05, 3.63) is 0 Å². The lowest BCUT2D eigenvalue weighted by molar-refractivity contribution is -0.157. The van der Waals surface area contributed by atoms with E-state index in [1.54, 1.807) is 6.92 Å². The highest BCUT2D eigenvalue weighted by Gasteiger charge is 2.49. The lowest BCUT2D eigenvalue weighted by atomic mass is 9.90. The molecule has 0 radical (unpaired) electrons. The van der Waals surface area contributed by atoms with E-state index in [1.807, 2.05) is 6.92 Å². The Bertz CT molecular complexity index is 291. The number of aliphatic carboxylic acids is 1. The molecule has 0 aliphatic carbocycles. The fourth-order valence-corrected chi connectivity index (χ4v) is 2.45. The maximum Gasteiger partial charge on any atom is 0.329 e. The number of hydrogen-bond acceptors (Lipinski definition) is 3. The van der Waals surface area contributed by atoms with Gasteiger partial charge >= 0.3 is 5.97 Å². The molecule has 0 aromatic carbocycles. The first-order chi connectivity index (χ1) is 7.45. The molecule has 0 spiro atoms. The number of carboxylic acid groups (broad SMARTS) is 1. The van der Waals surface area contributed by atoms with Crippen LogP contribution in [0, 0.1) is 0 Å². The third-order valence-corrected chi connectivity index (χ3v) is 3.21. The Balaban J connectivity index is 2.98. The molecule has 5 heteroatoms. The number of rotatable bonds is 4. The van der Waals surface area contributed by atoms with Crippen LogP contribution in [0.15, 0.2) is 0 Å². The first kappa shape index (κ1) is 13.0. The maximum absolute atomic E-state index is 11.9. The SMILES string of the molecule is CCC[C@@]1(C(=O)O)CCCN1C(=O)[C@H](C)N. The van der Waals surface area contributed by atoms with Gasteiger partial charge in [-0.25, -0.2) is 4.79 Å². The predicted octanol–water partition coefficient (Wildman–Crippen LogP) is 0.580. The van der Waals surface area contributed by atoms with Gasteiger partial charge in [0, 0.05) is 6.54 Å². The van der Waals surface area contributed by atoms with Crippen LogP contribution in [-0.4, -0.2) is 40.0 Å². The maximum atomic E-state index is 11.9. The quantitative estimate of drug-likeness (QED) is 0.737. The second-order valence-electron chi connectivity index (χ2n) is 4.47. The van der Waals surface area contributed by atoms with Gasteiger partial charge in [0.1, 0.15) is 5.54 Å². The van der Waals surface area contributed by atoms with Crippen LogP contribution >= 0.6 is 0 Å². The molecule has 2 atom stereocenters. The number of carbonyl (C=O) groups is 2. The van der Waals surface area contributed by atoms with E-state index in [0.717, 1.165) is 12.8 Å². The summed E-state index contributed by atoms with van der Waals surface area (Å²) in [5.74, 6) is -1.16. The average molecular weight is 228 g/mol. The van der Waals surface area contributed by atoms with Gasteiger partial charge in [0.25, 0.3) is 0 Å². The highest BCUT2D eigenvalue weighted by Crippen LogP contribution is 2.34. The van der Waals surface area contributed by atoms with E-state index in [9.17, 15) is 14.7 Å². The van der Waals surface area contributed by atoms with Crippen LogP contribution in [0.1, 0.15) is 39.5 Å². The van der Waals surface area contributed by atoms with Gasteiger partial charge in [0.2, 0.25) is 5.91 Å². The Hall–Kier alpha value is -1.10. The Morgan fingerprint density at radius 1 is 1.56 bits per heavy atom. The minimum atomic E-state index is -1.01. The Labute approximate surface area is 95.6 Å². The third kappa shape index (κ3) is 2.04. The van der Waals surface area contributed by atoms with Gasteiger partial charge in [0.05, 0.1) is 6.04 Å². The van der Waals surface area contributed by atoms with Crippen LogP contribution < -0.4 is 5.73 Å². The van der Waals surface area contributed by atoms with E-state index in [0.29, 0.717) is 19.4 Å². The predicted molar refractivity (Wildman–Crippen MR) is 59.9 cm³/mol. The Morgan fingerprint density at radius 2 is 2.19 bits per heavy atom. The smallest absolute Gasteiger partial charge is 0.329 e. The van der Waals surface area contributed by atoms with Crippen molar-refractivity contribution in [3.8, 4) is 0 Å². The molecule has 1 rings (SSSR count). The summed E-state index contributed by atoms with van der Waals surface area (Å²) in [4.78, 5) is 24.8. The van der Waals surface area contributed by atoms with Crippen LogP contribution in [-0.2, 0) is 9.59 Å². The van der Waals surface area contributed by atoms with E-state index in [2.05, 4.69) is 0 Å².